The molecule has 0 unspecified atom stereocenters. The average molecular weight is 712 g/mol. The van der Waals surface area contributed by atoms with Crippen LogP contribution in [0.4, 0.5) is 0 Å². The molecule has 3 heteroatoms. The molecular weight excluding hydrogens is 679 g/mol. The fourth-order valence-electron chi connectivity index (χ4n) is 6.26. The van der Waals surface area contributed by atoms with Crippen LogP contribution in [-0.4, -0.2) is 0 Å². The van der Waals surface area contributed by atoms with Crippen LogP contribution in [0.1, 0.15) is 34.6 Å². The molecule has 223 valence electrons. The van der Waals surface area contributed by atoms with Gasteiger partial charge in [0, 0.05) is 5.92 Å². The van der Waals surface area contributed by atoms with E-state index in [9.17, 15) is 0 Å². The van der Waals surface area contributed by atoms with Crippen LogP contribution in [0.15, 0.2) is 175 Å². The molecule has 0 aromatic heterocycles. The molecule has 0 bridgehead atoms. The van der Waals surface area contributed by atoms with E-state index in [2.05, 4.69) is 176 Å². The Bertz CT molecular complexity index is 1770. The van der Waals surface area contributed by atoms with Crippen molar-refractivity contribution in [1.82, 2.24) is 0 Å². The molecule has 1 radical (unpaired) electrons. The van der Waals surface area contributed by atoms with Crippen LogP contribution in [0.2, 0.25) is 0 Å². The van der Waals surface area contributed by atoms with Crippen LogP contribution < -0.4 is 24.8 Å². The van der Waals surface area contributed by atoms with E-state index in [1.54, 1.807) is 0 Å². The van der Waals surface area contributed by atoms with Crippen molar-refractivity contribution in [3.8, 4) is 33.4 Å². The topological polar surface area (TPSA) is 0 Å². The molecule has 0 N–H and O–H groups in total. The number of fused-ring (bicyclic) bond motifs is 3. The molecule has 0 spiro atoms. The largest absolute Gasteiger partial charge is 3.00 e. The third-order valence-corrected chi connectivity index (χ3v) is 8.36. The van der Waals surface area contributed by atoms with Gasteiger partial charge in [0.05, 0.1) is 0 Å². The Morgan fingerprint density at radius 3 is 1.28 bits per heavy atom. The summed E-state index contributed by atoms with van der Waals surface area (Å²) in [4.78, 5) is 0. The van der Waals surface area contributed by atoms with E-state index >= 15 is 0 Å². The van der Waals surface area contributed by atoms with Crippen LogP contribution >= 0.6 is 0 Å². The molecule has 0 amide bonds. The van der Waals surface area contributed by atoms with Gasteiger partial charge in [-0.1, -0.05) is 146 Å². The summed E-state index contributed by atoms with van der Waals surface area (Å²) in [5.74, 6) is 0.251. The maximum atomic E-state index is 3.60. The number of halogens is 2. The molecule has 0 fully saturated rings. The predicted molar refractivity (Wildman–Crippen MR) is 181 cm³/mol. The Balaban J connectivity index is 0.000000256. The van der Waals surface area contributed by atoms with Gasteiger partial charge >= 0.3 is 26.2 Å². The van der Waals surface area contributed by atoms with Crippen molar-refractivity contribution in [2.45, 2.75) is 18.8 Å². The quantitative estimate of drug-likeness (QED) is 0.219. The summed E-state index contributed by atoms with van der Waals surface area (Å²) in [6.07, 6.45) is 10.0. The second kappa shape index (κ2) is 16.7. The zero-order valence-electron chi connectivity index (χ0n) is 25.4. The van der Waals surface area contributed by atoms with Gasteiger partial charge in [0.1, 0.15) is 0 Å². The predicted octanol–water partition coefficient (Wildman–Crippen LogP) is 5.11. The van der Waals surface area contributed by atoms with E-state index in [0.29, 0.717) is 0 Å². The minimum atomic E-state index is 0. The summed E-state index contributed by atoms with van der Waals surface area (Å²) in [7, 11) is 0. The van der Waals surface area contributed by atoms with Gasteiger partial charge in [0.25, 0.3) is 0 Å². The van der Waals surface area contributed by atoms with Gasteiger partial charge in [0.15, 0.2) is 0 Å². The molecule has 0 nitrogen and oxygen atoms in total. The Morgan fingerprint density at radius 2 is 0.891 bits per heavy atom. The Morgan fingerprint density at radius 1 is 0.478 bits per heavy atom. The zero-order valence-corrected chi connectivity index (χ0v) is 29.4. The first-order valence-corrected chi connectivity index (χ1v) is 15.1. The number of rotatable bonds is 5. The molecule has 8 rings (SSSR count). The fraction of sp³-hybridized carbons (Fsp3) is 0.0698. The van der Waals surface area contributed by atoms with Crippen molar-refractivity contribution >= 4 is 0 Å². The number of hydrogen-bond donors (Lipinski definition) is 0. The minimum Gasteiger partial charge on any atom is -1.00 e. The molecule has 2 aliphatic carbocycles. The Kier molecular flexibility index (Phi) is 12.8. The van der Waals surface area contributed by atoms with Gasteiger partial charge in [0.2, 0.25) is 0 Å². The normalized spacial score (nSPS) is 12.2. The first-order valence-electron chi connectivity index (χ1n) is 15.1. The van der Waals surface area contributed by atoms with E-state index in [1.165, 1.54) is 61.2 Å². The van der Waals surface area contributed by atoms with Gasteiger partial charge in [-0.15, -0.1) is 6.42 Å². The summed E-state index contributed by atoms with van der Waals surface area (Å²) in [6, 6.07) is 56.3. The number of allylic oxidation sites excluding steroid dienone is 4. The monoisotopic (exact) mass is 709 g/mol. The minimum absolute atomic E-state index is 0. The van der Waals surface area contributed by atoms with Crippen molar-refractivity contribution in [3.63, 3.8) is 0 Å². The number of benzene rings is 6. The molecule has 0 saturated heterocycles. The third-order valence-electron chi connectivity index (χ3n) is 8.36. The van der Waals surface area contributed by atoms with Gasteiger partial charge in [-0.2, -0.15) is 6.08 Å². The van der Waals surface area contributed by atoms with Gasteiger partial charge in [-0.05, 0) is 74.2 Å². The zero-order chi connectivity index (χ0) is 28.8. The van der Waals surface area contributed by atoms with Gasteiger partial charge in [-0.25, -0.2) is 11.6 Å². The van der Waals surface area contributed by atoms with Crippen LogP contribution in [0.3, 0.4) is 0 Å². The van der Waals surface area contributed by atoms with E-state index in [0.717, 1.165) is 12.8 Å². The van der Waals surface area contributed by atoms with Crippen molar-refractivity contribution < 1.29 is 51.0 Å². The first-order chi connectivity index (χ1) is 21.3. The van der Waals surface area contributed by atoms with E-state index in [-0.39, 0.29) is 56.9 Å². The van der Waals surface area contributed by atoms with E-state index < -0.39 is 0 Å². The second-order valence-electron chi connectivity index (χ2n) is 11.2. The maximum absolute atomic E-state index is 3.60. The first kappa shape index (κ1) is 35.1. The molecule has 6 aromatic rings. The van der Waals surface area contributed by atoms with E-state index in [4.69, 9.17) is 0 Å². The Hall–Kier alpha value is -3.74. The van der Waals surface area contributed by atoms with Gasteiger partial charge in [-0.3, -0.25) is 6.08 Å². The molecule has 0 heterocycles. The van der Waals surface area contributed by atoms with Crippen LogP contribution in [-0.2, 0) is 32.6 Å². The summed E-state index contributed by atoms with van der Waals surface area (Å²) in [6.45, 7) is 0. The third kappa shape index (κ3) is 7.79. The van der Waals surface area contributed by atoms with Gasteiger partial charge < -0.3 is 24.8 Å². The van der Waals surface area contributed by atoms with Crippen molar-refractivity contribution in [3.05, 3.63) is 204 Å². The molecule has 2 aliphatic rings. The van der Waals surface area contributed by atoms with Crippen LogP contribution in [0.5, 0.6) is 0 Å². The maximum Gasteiger partial charge on any atom is 3.00 e. The average Bonchev–Trinajstić information content (AvgIpc) is 3.72. The fourth-order valence-corrected chi connectivity index (χ4v) is 6.26. The smallest absolute Gasteiger partial charge is 1.00 e. The summed E-state index contributed by atoms with van der Waals surface area (Å²) in [5, 5.41) is 0. The Labute approximate surface area is 304 Å². The number of hydrogen-bond acceptors (Lipinski definition) is 0. The van der Waals surface area contributed by atoms with E-state index in [1.807, 2.05) is 0 Å². The second-order valence-corrected chi connectivity index (χ2v) is 11.2. The molecule has 0 saturated carbocycles. The standard InChI is InChI=1S/C30H21.C13H12.2ClH.Zr/c1-3-9-21(10-4-1)24-15-17-26-27-18-16-25(22-11-5-2-6-12-22)20-29(27)30(28(26)19-24)23-13-7-8-14-23;1-3-7-12(8-4-1)11-13-9-5-2-6-10-13;;;/h1-7,9-13,15-20,30H,8H2;1-10H,11H2;2*1H;/q-1;;;;+3/p-2. The van der Waals surface area contributed by atoms with Crippen molar-refractivity contribution in [1.29, 1.82) is 0 Å². The molecule has 46 heavy (non-hydrogen) atoms. The van der Waals surface area contributed by atoms with Crippen molar-refractivity contribution in [2.24, 2.45) is 0 Å². The van der Waals surface area contributed by atoms with Crippen LogP contribution in [0.25, 0.3) is 33.4 Å². The summed E-state index contributed by atoms with van der Waals surface area (Å²) < 4.78 is 0. The van der Waals surface area contributed by atoms with Crippen LogP contribution in [0, 0.1) is 6.08 Å². The van der Waals surface area contributed by atoms with Crippen molar-refractivity contribution in [2.75, 3.05) is 0 Å². The molecule has 0 aliphatic heterocycles. The molecule has 6 aromatic carbocycles. The summed E-state index contributed by atoms with van der Waals surface area (Å²) in [5.41, 5.74) is 14.6. The SMILES string of the molecule is [C-]1=C(C2c3cc(-c4ccccc4)ccc3-c3ccc(-c4ccccc4)cc32)C=CC1.[Cl-].[Cl-].[Zr+3].c1ccc(Cc2ccccc2)cc1. The molecular formula is C43H33Cl2Zr. The molecule has 0 atom stereocenters. The summed E-state index contributed by atoms with van der Waals surface area (Å²) >= 11 is 0.